The number of carbonyl (C=O) groups is 3. The van der Waals surface area contributed by atoms with E-state index in [9.17, 15) is 14.4 Å². The number of carboxylic acid groups (broad SMARTS) is 1. The molecule has 0 spiro atoms. The van der Waals surface area contributed by atoms with Gasteiger partial charge in [0.05, 0.1) is 11.5 Å². The first kappa shape index (κ1) is 17.0. The van der Waals surface area contributed by atoms with Crippen molar-refractivity contribution in [2.24, 2.45) is 5.92 Å². The highest BCUT2D eigenvalue weighted by Crippen LogP contribution is 2.16. The molecule has 0 fully saturated rings. The number of amides is 2. The normalized spacial score (nSPS) is 10.2. The number of carboxylic acids is 1. The lowest BCUT2D eigenvalue weighted by Gasteiger charge is -2.10. The molecule has 0 saturated heterocycles. The van der Waals surface area contributed by atoms with Gasteiger partial charge in [-0.25, -0.2) is 0 Å². The van der Waals surface area contributed by atoms with Crippen molar-refractivity contribution in [1.82, 2.24) is 0 Å². The molecule has 0 aliphatic rings. The number of hydrogen-bond acceptors (Lipinski definition) is 4. The minimum atomic E-state index is -0.953. The van der Waals surface area contributed by atoms with Gasteiger partial charge in [0.15, 0.2) is 0 Å². The Morgan fingerprint density at radius 3 is 2.33 bits per heavy atom. The van der Waals surface area contributed by atoms with Crippen molar-refractivity contribution >= 4 is 40.9 Å². The molecule has 0 radical (unpaired) electrons. The van der Waals surface area contributed by atoms with Crippen LogP contribution in [0.3, 0.4) is 0 Å². The maximum atomic E-state index is 11.6. The smallest absolute Gasteiger partial charge is 0.313 e. The van der Waals surface area contributed by atoms with Crippen LogP contribution in [0.4, 0.5) is 11.4 Å². The fraction of sp³-hybridized carbons (Fsp3) is 0.357. The zero-order valence-electron chi connectivity index (χ0n) is 11.9. The number of thioether (sulfide) groups is 1. The van der Waals surface area contributed by atoms with E-state index in [4.69, 9.17) is 5.11 Å². The lowest BCUT2D eigenvalue weighted by atomic mass is 10.2. The van der Waals surface area contributed by atoms with Crippen LogP contribution in [0.15, 0.2) is 24.3 Å². The number of hydrogen-bond donors (Lipinski definition) is 3. The summed E-state index contributed by atoms with van der Waals surface area (Å²) in [7, 11) is 0. The second kappa shape index (κ2) is 8.31. The van der Waals surface area contributed by atoms with Crippen LogP contribution in [-0.4, -0.2) is 34.4 Å². The third-order valence-corrected chi connectivity index (χ3v) is 3.31. The third kappa shape index (κ3) is 6.80. The minimum Gasteiger partial charge on any atom is -0.481 e. The molecule has 2 amide bonds. The van der Waals surface area contributed by atoms with Gasteiger partial charge in [-0.2, -0.15) is 0 Å². The Hall–Kier alpha value is -2.02. The van der Waals surface area contributed by atoms with Gasteiger partial charge in [0.25, 0.3) is 0 Å². The SMILES string of the molecule is CC(C)C(=O)Nc1cccc(NC(=O)CSCC(=O)O)c1. The number of aliphatic carboxylic acids is 1. The first-order valence-electron chi connectivity index (χ1n) is 6.39. The molecule has 1 aromatic carbocycles. The summed E-state index contributed by atoms with van der Waals surface area (Å²) < 4.78 is 0. The minimum absolute atomic E-state index is 0.0644. The van der Waals surface area contributed by atoms with Crippen LogP contribution in [0.5, 0.6) is 0 Å². The predicted octanol–water partition coefficient (Wildman–Crippen LogP) is 2.04. The Labute approximate surface area is 127 Å². The number of benzene rings is 1. The summed E-state index contributed by atoms with van der Waals surface area (Å²) in [6.07, 6.45) is 0. The second-order valence-corrected chi connectivity index (χ2v) is 5.65. The first-order valence-corrected chi connectivity index (χ1v) is 7.54. The molecular formula is C14H18N2O4S. The maximum absolute atomic E-state index is 11.6. The van der Waals surface area contributed by atoms with E-state index in [0.717, 1.165) is 11.8 Å². The number of carbonyl (C=O) groups excluding carboxylic acids is 2. The maximum Gasteiger partial charge on any atom is 0.313 e. The Kier molecular flexibility index (Phi) is 6.74. The van der Waals surface area contributed by atoms with Crippen LogP contribution in [0, 0.1) is 5.92 Å². The lowest BCUT2D eigenvalue weighted by molar-refractivity contribution is -0.133. The zero-order valence-corrected chi connectivity index (χ0v) is 12.7. The average molecular weight is 310 g/mol. The molecule has 3 N–H and O–H groups in total. The van der Waals surface area contributed by atoms with Gasteiger partial charge in [-0.1, -0.05) is 19.9 Å². The predicted molar refractivity (Wildman–Crippen MR) is 83.5 cm³/mol. The van der Waals surface area contributed by atoms with Crippen LogP contribution in [-0.2, 0) is 14.4 Å². The fourth-order valence-electron chi connectivity index (χ4n) is 1.39. The molecule has 7 heteroatoms. The number of nitrogens with one attached hydrogen (secondary N) is 2. The van der Waals surface area contributed by atoms with Crippen molar-refractivity contribution in [2.75, 3.05) is 22.1 Å². The molecule has 1 aromatic rings. The molecule has 0 unspecified atom stereocenters. The largest absolute Gasteiger partial charge is 0.481 e. The zero-order chi connectivity index (χ0) is 15.8. The van der Waals surface area contributed by atoms with Gasteiger partial charge in [-0.3, -0.25) is 14.4 Å². The van der Waals surface area contributed by atoms with Gasteiger partial charge in [0.1, 0.15) is 0 Å². The van der Waals surface area contributed by atoms with Crippen LogP contribution in [0.25, 0.3) is 0 Å². The van der Waals surface area contributed by atoms with Crippen molar-refractivity contribution in [3.05, 3.63) is 24.3 Å². The van der Waals surface area contributed by atoms with E-state index >= 15 is 0 Å². The van der Waals surface area contributed by atoms with Gasteiger partial charge in [-0.15, -0.1) is 11.8 Å². The van der Waals surface area contributed by atoms with Crippen molar-refractivity contribution in [3.63, 3.8) is 0 Å². The van der Waals surface area contributed by atoms with Gasteiger partial charge in [-0.05, 0) is 18.2 Å². The highest BCUT2D eigenvalue weighted by molar-refractivity contribution is 8.00. The summed E-state index contributed by atoms with van der Waals surface area (Å²) >= 11 is 1.03. The van der Waals surface area contributed by atoms with Crippen molar-refractivity contribution in [1.29, 1.82) is 0 Å². The Morgan fingerprint density at radius 1 is 1.14 bits per heavy atom. The molecule has 0 aromatic heterocycles. The summed E-state index contributed by atoms with van der Waals surface area (Å²) in [5, 5.41) is 13.9. The van der Waals surface area contributed by atoms with E-state index in [0.29, 0.717) is 11.4 Å². The molecule has 0 atom stereocenters. The van der Waals surface area contributed by atoms with Gasteiger partial charge < -0.3 is 15.7 Å². The molecule has 0 bridgehead atoms. The highest BCUT2D eigenvalue weighted by atomic mass is 32.2. The molecule has 114 valence electrons. The van der Waals surface area contributed by atoms with Crippen LogP contribution in [0.2, 0.25) is 0 Å². The topological polar surface area (TPSA) is 95.5 Å². The Bertz CT molecular complexity index is 531. The van der Waals surface area contributed by atoms with Gasteiger partial charge >= 0.3 is 5.97 Å². The van der Waals surface area contributed by atoms with Crippen molar-refractivity contribution in [3.8, 4) is 0 Å². The van der Waals surface area contributed by atoms with E-state index in [-0.39, 0.29) is 29.2 Å². The highest BCUT2D eigenvalue weighted by Gasteiger charge is 2.08. The molecule has 6 nitrogen and oxygen atoms in total. The van der Waals surface area contributed by atoms with E-state index in [1.54, 1.807) is 38.1 Å². The van der Waals surface area contributed by atoms with Crippen molar-refractivity contribution in [2.45, 2.75) is 13.8 Å². The van der Waals surface area contributed by atoms with E-state index < -0.39 is 5.97 Å². The van der Waals surface area contributed by atoms with E-state index in [1.165, 1.54) is 0 Å². The lowest BCUT2D eigenvalue weighted by Crippen LogP contribution is -2.18. The summed E-state index contributed by atoms with van der Waals surface area (Å²) in [4.78, 5) is 33.6. The summed E-state index contributed by atoms with van der Waals surface area (Å²) in [5.41, 5.74) is 1.15. The molecular weight excluding hydrogens is 292 g/mol. The molecule has 0 heterocycles. The van der Waals surface area contributed by atoms with Crippen molar-refractivity contribution < 1.29 is 19.5 Å². The summed E-state index contributed by atoms with van der Waals surface area (Å²) in [6, 6.07) is 6.80. The number of rotatable bonds is 7. The molecule has 21 heavy (non-hydrogen) atoms. The monoisotopic (exact) mass is 310 g/mol. The van der Waals surface area contributed by atoms with Crippen LogP contribution >= 0.6 is 11.8 Å². The van der Waals surface area contributed by atoms with E-state index in [1.807, 2.05) is 0 Å². The quantitative estimate of drug-likeness (QED) is 0.716. The van der Waals surface area contributed by atoms with Gasteiger partial charge in [0, 0.05) is 17.3 Å². The molecule has 1 rings (SSSR count). The van der Waals surface area contributed by atoms with Crippen LogP contribution in [0.1, 0.15) is 13.8 Å². The molecule has 0 aliphatic carbocycles. The summed E-state index contributed by atoms with van der Waals surface area (Å²) in [5.74, 6) is -1.52. The molecule has 0 saturated carbocycles. The van der Waals surface area contributed by atoms with Gasteiger partial charge in [0.2, 0.25) is 11.8 Å². The third-order valence-electron chi connectivity index (χ3n) is 2.40. The van der Waals surface area contributed by atoms with Crippen LogP contribution < -0.4 is 10.6 Å². The standard InChI is InChI=1S/C14H18N2O4S/c1-9(2)14(20)16-11-5-3-4-10(6-11)15-12(17)7-21-8-13(18)19/h3-6,9H,7-8H2,1-2H3,(H,15,17)(H,16,20)(H,18,19). The average Bonchev–Trinajstić information content (AvgIpc) is 2.38. The number of anilines is 2. The summed E-state index contributed by atoms with van der Waals surface area (Å²) in [6.45, 7) is 3.58. The van der Waals surface area contributed by atoms with E-state index in [2.05, 4.69) is 10.6 Å². The Balaban J connectivity index is 2.54. The first-order chi connectivity index (χ1) is 9.88. The fourth-order valence-corrected chi connectivity index (χ4v) is 1.92. The molecule has 0 aliphatic heterocycles. The Morgan fingerprint density at radius 2 is 1.76 bits per heavy atom. The second-order valence-electron chi connectivity index (χ2n) is 4.66.